The van der Waals surface area contributed by atoms with E-state index in [4.69, 9.17) is 19.4 Å². The van der Waals surface area contributed by atoms with Crippen molar-refractivity contribution in [1.82, 2.24) is 9.88 Å². The van der Waals surface area contributed by atoms with E-state index in [0.29, 0.717) is 12.6 Å². The molecule has 1 N–H and O–H groups in total. The number of rotatable bonds is 4. The Morgan fingerprint density at radius 2 is 2.11 bits per heavy atom. The minimum atomic E-state index is -5.08. The van der Waals surface area contributed by atoms with Gasteiger partial charge in [-0.05, 0) is 32.6 Å². The van der Waals surface area contributed by atoms with E-state index in [0.717, 1.165) is 36.3 Å². The second-order valence-electron chi connectivity index (χ2n) is 7.31. The van der Waals surface area contributed by atoms with Crippen LogP contribution in [0.25, 0.3) is 0 Å². The zero-order valence-corrected chi connectivity index (χ0v) is 16.5. The lowest BCUT2D eigenvalue weighted by Gasteiger charge is -2.46. The van der Waals surface area contributed by atoms with E-state index in [-0.39, 0.29) is 12.2 Å². The van der Waals surface area contributed by atoms with Crippen LogP contribution in [-0.4, -0.2) is 64.6 Å². The van der Waals surface area contributed by atoms with Crippen molar-refractivity contribution in [2.24, 2.45) is 0 Å². The van der Waals surface area contributed by atoms with Crippen molar-refractivity contribution in [1.29, 1.82) is 0 Å². The number of aryl methyl sites for hydroxylation is 1. The first kappa shape index (κ1) is 21.5. The Morgan fingerprint density at radius 1 is 1.39 bits per heavy atom. The molecule has 2 heterocycles. The van der Waals surface area contributed by atoms with Gasteiger partial charge in [-0.2, -0.15) is 13.2 Å². The van der Waals surface area contributed by atoms with E-state index in [1.807, 2.05) is 6.92 Å². The molecular weight excluding hydrogens is 397 g/mol. The Bertz CT molecular complexity index is 666. The molecule has 2 aliphatic carbocycles. The number of halogens is 3. The lowest BCUT2D eigenvalue weighted by Crippen LogP contribution is -2.56. The molecule has 0 spiro atoms. The fraction of sp³-hybridized carbons (Fsp3) is 0.778. The lowest BCUT2D eigenvalue weighted by atomic mass is 9.89. The first-order valence-corrected chi connectivity index (χ1v) is 10.3. The predicted octanol–water partition coefficient (Wildman–Crippen LogP) is 3.39. The molecule has 1 aliphatic heterocycles. The fourth-order valence-corrected chi connectivity index (χ4v) is 4.56. The summed E-state index contributed by atoms with van der Waals surface area (Å²) in [5, 5.41) is 10.3. The number of carboxylic acid groups (broad SMARTS) is 1. The number of ether oxygens (including phenoxy) is 2. The Labute approximate surface area is 165 Å². The lowest BCUT2D eigenvalue weighted by molar-refractivity contribution is -0.192. The Morgan fingerprint density at radius 3 is 2.64 bits per heavy atom. The Kier molecular flexibility index (Phi) is 6.95. The van der Waals surface area contributed by atoms with Crippen LogP contribution in [0, 0.1) is 6.92 Å². The van der Waals surface area contributed by atoms with Gasteiger partial charge >= 0.3 is 12.1 Å². The number of aromatic nitrogens is 1. The van der Waals surface area contributed by atoms with Crippen LogP contribution in [0.1, 0.15) is 42.8 Å². The first-order chi connectivity index (χ1) is 13.3. The third-order valence-electron chi connectivity index (χ3n) is 5.48. The average molecular weight is 422 g/mol. The van der Waals surface area contributed by atoms with Crippen molar-refractivity contribution in [2.75, 3.05) is 13.2 Å². The summed E-state index contributed by atoms with van der Waals surface area (Å²) in [4.78, 5) is 16.1. The van der Waals surface area contributed by atoms with Gasteiger partial charge in [-0.3, -0.25) is 4.90 Å². The van der Waals surface area contributed by atoms with Gasteiger partial charge < -0.3 is 14.6 Å². The largest absolute Gasteiger partial charge is 0.490 e. The van der Waals surface area contributed by atoms with E-state index in [2.05, 4.69) is 15.3 Å². The maximum Gasteiger partial charge on any atom is 0.490 e. The fourth-order valence-electron chi connectivity index (χ4n) is 3.96. The molecule has 1 aromatic rings. The van der Waals surface area contributed by atoms with E-state index < -0.39 is 12.1 Å². The van der Waals surface area contributed by atoms with Crippen molar-refractivity contribution in [3.05, 3.63) is 16.1 Å². The van der Waals surface area contributed by atoms with Crippen LogP contribution in [0.15, 0.2) is 5.38 Å². The standard InChI is InChI=1S/C16H24N2O2S.C2HF3O2/c1-11-17-12(10-21-11)9-20-15-6-5-14-16(15)19-8-7-18(14)13-3-2-4-13;3-2(4,5)1(6)7/h10,13-16H,2-9H2,1H3;(H,6,7)/t14-,15+,16+;/m0./s1. The van der Waals surface area contributed by atoms with Crippen LogP contribution in [0.5, 0.6) is 0 Å². The molecule has 0 radical (unpaired) electrons. The molecule has 3 atom stereocenters. The minimum absolute atomic E-state index is 0.250. The molecule has 10 heteroatoms. The van der Waals surface area contributed by atoms with Gasteiger partial charge in [-0.25, -0.2) is 9.78 Å². The molecule has 158 valence electrons. The first-order valence-electron chi connectivity index (χ1n) is 9.45. The quantitative estimate of drug-likeness (QED) is 0.802. The SMILES string of the molecule is Cc1nc(CO[C@@H]2CC[C@H]3[C@H]2OCCN3C2CCC2)cs1.O=C(O)C(F)(F)F. The van der Waals surface area contributed by atoms with Crippen LogP contribution in [0.4, 0.5) is 13.2 Å². The Hall–Kier alpha value is -1.23. The molecule has 0 aromatic carbocycles. The van der Waals surface area contributed by atoms with Crippen LogP contribution >= 0.6 is 11.3 Å². The zero-order valence-electron chi connectivity index (χ0n) is 15.7. The number of alkyl halides is 3. The average Bonchev–Trinajstić information content (AvgIpc) is 3.18. The summed E-state index contributed by atoms with van der Waals surface area (Å²) >= 11 is 1.69. The summed E-state index contributed by atoms with van der Waals surface area (Å²) in [5.74, 6) is -2.76. The minimum Gasteiger partial charge on any atom is -0.475 e. The third-order valence-corrected chi connectivity index (χ3v) is 6.30. The summed E-state index contributed by atoms with van der Waals surface area (Å²) in [6, 6.07) is 1.41. The number of hydrogen-bond donors (Lipinski definition) is 1. The number of aliphatic carboxylic acids is 1. The van der Waals surface area contributed by atoms with E-state index in [1.54, 1.807) is 11.3 Å². The summed E-state index contributed by atoms with van der Waals surface area (Å²) in [6.45, 7) is 4.66. The van der Waals surface area contributed by atoms with Crippen molar-refractivity contribution < 1.29 is 32.5 Å². The molecule has 0 bridgehead atoms. The number of morpholine rings is 1. The monoisotopic (exact) mass is 422 g/mol. The number of nitrogens with zero attached hydrogens (tertiary/aromatic N) is 2. The highest BCUT2D eigenvalue weighted by molar-refractivity contribution is 7.09. The normalized spacial score (nSPS) is 28.2. The molecule has 0 unspecified atom stereocenters. The molecule has 3 fully saturated rings. The molecule has 6 nitrogen and oxygen atoms in total. The maximum absolute atomic E-state index is 10.6. The van der Waals surface area contributed by atoms with Gasteiger partial charge in [0.05, 0.1) is 36.1 Å². The zero-order chi connectivity index (χ0) is 20.3. The van der Waals surface area contributed by atoms with E-state index in [1.165, 1.54) is 25.7 Å². The second kappa shape index (κ2) is 9.06. The maximum atomic E-state index is 10.6. The number of thiazole rings is 1. The number of hydrogen-bond acceptors (Lipinski definition) is 6. The van der Waals surface area contributed by atoms with Gasteiger partial charge in [0.15, 0.2) is 0 Å². The summed E-state index contributed by atoms with van der Waals surface area (Å²) < 4.78 is 44.0. The summed E-state index contributed by atoms with van der Waals surface area (Å²) in [5.41, 5.74) is 1.06. The predicted molar refractivity (Wildman–Crippen MR) is 96.2 cm³/mol. The van der Waals surface area contributed by atoms with E-state index >= 15 is 0 Å². The molecule has 1 saturated heterocycles. The van der Waals surface area contributed by atoms with Crippen molar-refractivity contribution in [2.45, 2.75) is 76.1 Å². The van der Waals surface area contributed by atoms with E-state index in [9.17, 15) is 13.2 Å². The number of carbonyl (C=O) groups is 1. The molecule has 3 aliphatic rings. The summed E-state index contributed by atoms with van der Waals surface area (Å²) in [7, 11) is 0. The number of carboxylic acids is 1. The van der Waals surface area contributed by atoms with Crippen LogP contribution in [0.2, 0.25) is 0 Å². The van der Waals surface area contributed by atoms with Gasteiger partial charge in [0.25, 0.3) is 0 Å². The smallest absolute Gasteiger partial charge is 0.475 e. The van der Waals surface area contributed by atoms with Crippen molar-refractivity contribution in [3.8, 4) is 0 Å². The second-order valence-corrected chi connectivity index (χ2v) is 8.38. The van der Waals surface area contributed by atoms with Crippen LogP contribution in [-0.2, 0) is 20.9 Å². The highest BCUT2D eigenvalue weighted by Crippen LogP contribution is 2.37. The highest BCUT2D eigenvalue weighted by Gasteiger charge is 2.46. The molecule has 1 aromatic heterocycles. The molecule has 0 amide bonds. The molecular formula is C18H25F3N2O4S. The van der Waals surface area contributed by atoms with Gasteiger partial charge in [0.2, 0.25) is 0 Å². The van der Waals surface area contributed by atoms with Crippen LogP contribution < -0.4 is 0 Å². The number of fused-ring (bicyclic) bond motifs is 1. The molecule has 4 rings (SSSR count). The Balaban J connectivity index is 0.000000279. The topological polar surface area (TPSA) is 71.9 Å². The van der Waals surface area contributed by atoms with Gasteiger partial charge in [0, 0.05) is 24.0 Å². The molecule has 2 saturated carbocycles. The van der Waals surface area contributed by atoms with Crippen molar-refractivity contribution >= 4 is 17.3 Å². The van der Waals surface area contributed by atoms with Gasteiger partial charge in [0.1, 0.15) is 0 Å². The molecule has 28 heavy (non-hydrogen) atoms. The highest BCUT2D eigenvalue weighted by atomic mass is 32.1. The van der Waals surface area contributed by atoms with Gasteiger partial charge in [-0.1, -0.05) is 6.42 Å². The van der Waals surface area contributed by atoms with Crippen molar-refractivity contribution in [3.63, 3.8) is 0 Å². The van der Waals surface area contributed by atoms with Gasteiger partial charge in [-0.15, -0.1) is 11.3 Å². The third kappa shape index (κ3) is 5.22. The summed E-state index contributed by atoms with van der Waals surface area (Å²) in [6.07, 6.45) is 1.96. The van der Waals surface area contributed by atoms with Crippen LogP contribution in [0.3, 0.4) is 0 Å².